The van der Waals surface area contributed by atoms with Gasteiger partial charge < -0.3 is 15.7 Å². The van der Waals surface area contributed by atoms with Crippen LogP contribution < -0.4 is 10.6 Å². The van der Waals surface area contributed by atoms with Crippen molar-refractivity contribution in [3.8, 4) is 0 Å². The van der Waals surface area contributed by atoms with E-state index in [0.717, 1.165) is 11.6 Å². The number of aliphatic hydroxyl groups excluding tert-OH is 1. The molecule has 0 radical (unpaired) electrons. The molecule has 0 spiro atoms. The molecule has 0 saturated carbocycles. The van der Waals surface area contributed by atoms with Gasteiger partial charge in [-0.25, -0.2) is 8.78 Å². The van der Waals surface area contributed by atoms with Crippen LogP contribution in [-0.4, -0.2) is 37.3 Å². The molecule has 2 aromatic rings. The summed E-state index contributed by atoms with van der Waals surface area (Å²) in [5.74, 6) is -1.15. The topological polar surface area (TPSA) is 56.7 Å². The molecule has 0 aliphatic heterocycles. The van der Waals surface area contributed by atoms with E-state index in [4.69, 9.17) is 0 Å². The molecule has 0 heterocycles. The van der Waals surface area contributed by atoms with E-state index in [1.54, 1.807) is 6.07 Å². The highest BCUT2D eigenvalue weighted by atomic mass is 127. The van der Waals surface area contributed by atoms with Crippen molar-refractivity contribution in [2.45, 2.75) is 19.3 Å². The second kappa shape index (κ2) is 12.6. The lowest BCUT2D eigenvalue weighted by molar-refractivity contribution is 0.268. The van der Waals surface area contributed by atoms with Gasteiger partial charge in [-0.3, -0.25) is 4.99 Å². The van der Waals surface area contributed by atoms with Gasteiger partial charge in [-0.05, 0) is 30.5 Å². The molecule has 0 bridgehead atoms. The van der Waals surface area contributed by atoms with Crippen LogP contribution in [0.1, 0.15) is 24.0 Å². The number of aliphatic imine (C=N–C) groups is 1. The van der Waals surface area contributed by atoms with Crippen LogP contribution in [0.5, 0.6) is 0 Å². The molecule has 0 amide bonds. The van der Waals surface area contributed by atoms with E-state index in [-0.39, 0.29) is 36.5 Å². The summed E-state index contributed by atoms with van der Waals surface area (Å²) in [6.45, 7) is 3.46. The van der Waals surface area contributed by atoms with Crippen molar-refractivity contribution < 1.29 is 13.9 Å². The number of aliphatic hydroxyl groups is 1. The van der Waals surface area contributed by atoms with Gasteiger partial charge in [0.15, 0.2) is 17.6 Å². The molecule has 2 rings (SSSR count). The molecular weight excluding hydrogens is 463 g/mol. The number of halogens is 3. The van der Waals surface area contributed by atoms with Gasteiger partial charge in [0.1, 0.15) is 0 Å². The molecule has 1 atom stereocenters. The predicted molar refractivity (Wildman–Crippen MR) is 116 cm³/mol. The van der Waals surface area contributed by atoms with E-state index < -0.39 is 11.6 Å². The molecule has 1 unspecified atom stereocenters. The highest BCUT2D eigenvalue weighted by Gasteiger charge is 2.10. The Morgan fingerprint density at radius 2 is 1.81 bits per heavy atom. The maximum atomic E-state index is 13.7. The minimum Gasteiger partial charge on any atom is -0.396 e. The van der Waals surface area contributed by atoms with Crippen molar-refractivity contribution in [2.75, 3.05) is 26.2 Å². The van der Waals surface area contributed by atoms with E-state index in [9.17, 15) is 13.9 Å². The third-order valence-electron chi connectivity index (χ3n) is 4.02. The minimum absolute atomic E-state index is 0. The molecule has 7 heteroatoms. The van der Waals surface area contributed by atoms with Gasteiger partial charge >= 0.3 is 0 Å². The number of guanidine groups is 1. The molecular formula is C20H26F2IN3O. The number of benzene rings is 2. The molecule has 0 aromatic heterocycles. The fourth-order valence-electron chi connectivity index (χ4n) is 2.59. The zero-order chi connectivity index (χ0) is 18.8. The third-order valence-corrected chi connectivity index (χ3v) is 4.02. The van der Waals surface area contributed by atoms with Crippen LogP contribution in [0.15, 0.2) is 53.5 Å². The Kier molecular flexibility index (Phi) is 10.9. The van der Waals surface area contributed by atoms with Gasteiger partial charge in [0.2, 0.25) is 0 Å². The van der Waals surface area contributed by atoms with Crippen LogP contribution >= 0.6 is 24.0 Å². The van der Waals surface area contributed by atoms with Gasteiger partial charge in [-0.2, -0.15) is 0 Å². The van der Waals surface area contributed by atoms with Crippen LogP contribution in [0.4, 0.5) is 8.78 Å². The average Bonchev–Trinajstić information content (AvgIpc) is 2.66. The summed E-state index contributed by atoms with van der Waals surface area (Å²) in [7, 11) is 0. The second-order valence-corrected chi connectivity index (χ2v) is 5.90. The highest BCUT2D eigenvalue weighted by Crippen LogP contribution is 2.15. The van der Waals surface area contributed by atoms with Gasteiger partial charge in [-0.1, -0.05) is 42.5 Å². The molecule has 27 heavy (non-hydrogen) atoms. The van der Waals surface area contributed by atoms with Crippen molar-refractivity contribution in [1.82, 2.24) is 10.6 Å². The Bertz CT molecular complexity index is 714. The molecule has 148 valence electrons. The molecule has 0 aliphatic rings. The van der Waals surface area contributed by atoms with E-state index >= 15 is 0 Å². The normalized spacial score (nSPS) is 12.2. The first-order valence-corrected chi connectivity index (χ1v) is 8.76. The average molecular weight is 489 g/mol. The molecule has 3 N–H and O–H groups in total. The SMILES string of the molecule is CCNC(=NCC(CO)c1ccccc1)NCCc1cccc(F)c1F.I. The molecule has 0 fully saturated rings. The number of hydrogen-bond acceptors (Lipinski definition) is 2. The van der Waals surface area contributed by atoms with E-state index in [2.05, 4.69) is 15.6 Å². The lowest BCUT2D eigenvalue weighted by atomic mass is 10.0. The monoisotopic (exact) mass is 489 g/mol. The van der Waals surface area contributed by atoms with Gasteiger partial charge in [-0.15, -0.1) is 24.0 Å². The van der Waals surface area contributed by atoms with E-state index in [1.807, 2.05) is 37.3 Å². The first kappa shape index (κ1) is 23.3. The maximum absolute atomic E-state index is 13.7. The van der Waals surface area contributed by atoms with Crippen molar-refractivity contribution in [3.63, 3.8) is 0 Å². The Morgan fingerprint density at radius 3 is 2.48 bits per heavy atom. The smallest absolute Gasteiger partial charge is 0.191 e. The lowest BCUT2D eigenvalue weighted by Gasteiger charge is -2.15. The summed E-state index contributed by atoms with van der Waals surface area (Å²) in [4.78, 5) is 4.50. The third kappa shape index (κ3) is 7.42. The van der Waals surface area contributed by atoms with Crippen molar-refractivity contribution in [1.29, 1.82) is 0 Å². The van der Waals surface area contributed by atoms with Crippen LogP contribution in [0, 0.1) is 11.6 Å². The number of rotatable bonds is 8. The summed E-state index contributed by atoms with van der Waals surface area (Å²) in [6, 6.07) is 13.9. The largest absolute Gasteiger partial charge is 0.396 e. The maximum Gasteiger partial charge on any atom is 0.191 e. The zero-order valence-electron chi connectivity index (χ0n) is 15.3. The van der Waals surface area contributed by atoms with Gasteiger partial charge in [0.05, 0.1) is 13.2 Å². The number of nitrogens with zero attached hydrogens (tertiary/aromatic N) is 1. The van der Waals surface area contributed by atoms with E-state index in [1.165, 1.54) is 6.07 Å². The minimum atomic E-state index is -0.836. The highest BCUT2D eigenvalue weighted by molar-refractivity contribution is 14.0. The fourth-order valence-corrected chi connectivity index (χ4v) is 2.59. The summed E-state index contributed by atoms with van der Waals surface area (Å²) in [6.07, 6.45) is 0.343. The Labute approximate surface area is 176 Å². The quantitative estimate of drug-likeness (QED) is 0.303. The first-order chi connectivity index (χ1) is 12.7. The van der Waals surface area contributed by atoms with Crippen molar-refractivity contribution >= 4 is 29.9 Å². The zero-order valence-corrected chi connectivity index (χ0v) is 17.6. The van der Waals surface area contributed by atoms with Gasteiger partial charge in [0, 0.05) is 19.0 Å². The Hall–Kier alpha value is -1.74. The molecule has 0 saturated heterocycles. The summed E-state index contributed by atoms with van der Waals surface area (Å²) in [5, 5.41) is 15.8. The Morgan fingerprint density at radius 1 is 1.07 bits per heavy atom. The first-order valence-electron chi connectivity index (χ1n) is 8.76. The van der Waals surface area contributed by atoms with E-state index in [0.29, 0.717) is 37.6 Å². The van der Waals surface area contributed by atoms with Crippen molar-refractivity contribution in [2.24, 2.45) is 4.99 Å². The van der Waals surface area contributed by atoms with Gasteiger partial charge in [0.25, 0.3) is 0 Å². The molecule has 2 aromatic carbocycles. The second-order valence-electron chi connectivity index (χ2n) is 5.90. The summed E-state index contributed by atoms with van der Waals surface area (Å²) in [5.41, 5.74) is 1.35. The predicted octanol–water partition coefficient (Wildman–Crippen LogP) is 3.46. The standard InChI is InChI=1S/C20H25F2N3O.HI/c1-2-23-20(24-12-11-16-9-6-10-18(21)19(16)22)25-13-17(14-26)15-7-4-3-5-8-15;/h3-10,17,26H,2,11-14H2,1H3,(H2,23,24,25);1H. The Balaban J connectivity index is 0.00000364. The number of nitrogens with one attached hydrogen (secondary N) is 2. The van der Waals surface area contributed by atoms with Crippen LogP contribution in [-0.2, 0) is 6.42 Å². The summed E-state index contributed by atoms with van der Waals surface area (Å²) >= 11 is 0. The van der Waals surface area contributed by atoms with Crippen LogP contribution in [0.25, 0.3) is 0 Å². The van der Waals surface area contributed by atoms with Crippen LogP contribution in [0.3, 0.4) is 0 Å². The van der Waals surface area contributed by atoms with Crippen LogP contribution in [0.2, 0.25) is 0 Å². The summed E-state index contributed by atoms with van der Waals surface area (Å²) < 4.78 is 26.9. The van der Waals surface area contributed by atoms with Crippen molar-refractivity contribution in [3.05, 3.63) is 71.3 Å². The molecule has 4 nitrogen and oxygen atoms in total. The molecule has 0 aliphatic carbocycles. The number of hydrogen-bond donors (Lipinski definition) is 3. The lowest BCUT2D eigenvalue weighted by Crippen LogP contribution is -2.38. The fraction of sp³-hybridized carbons (Fsp3) is 0.350.